The number of pyridine rings is 2. The number of aromatic nitrogens is 2. The van der Waals surface area contributed by atoms with Gasteiger partial charge in [0, 0.05) is 13.1 Å². The number of ether oxygens (including phenoxy) is 1. The highest BCUT2D eigenvalue weighted by atomic mass is 16.5. The van der Waals surface area contributed by atoms with E-state index >= 15 is 0 Å². The first-order valence-corrected chi connectivity index (χ1v) is 9.23. The van der Waals surface area contributed by atoms with E-state index in [0.29, 0.717) is 23.0 Å². The lowest BCUT2D eigenvalue weighted by Gasteiger charge is -2.55. The maximum atomic E-state index is 6.10. The van der Waals surface area contributed by atoms with Crippen LogP contribution < -0.4 is 21.7 Å². The lowest BCUT2D eigenvalue weighted by molar-refractivity contribution is -0.127. The third-order valence-corrected chi connectivity index (χ3v) is 5.21. The van der Waals surface area contributed by atoms with Crippen molar-refractivity contribution < 1.29 is 4.74 Å². The molecule has 2 aliphatic rings. The fraction of sp³-hybridized carbons (Fsp3) is 0.400. The Morgan fingerprint density at radius 3 is 2.70 bits per heavy atom. The first kappa shape index (κ1) is 17.6. The van der Waals surface area contributed by atoms with E-state index in [4.69, 9.17) is 16.2 Å². The van der Waals surface area contributed by atoms with E-state index < -0.39 is 0 Å². The molecule has 7 nitrogen and oxygen atoms in total. The lowest BCUT2D eigenvalue weighted by atomic mass is 9.78. The number of fused-ring (bicyclic) bond motifs is 1. The molecule has 0 aromatic carbocycles. The van der Waals surface area contributed by atoms with E-state index in [2.05, 4.69) is 40.1 Å². The number of nitrogens with two attached hydrogens (primary N) is 2. The van der Waals surface area contributed by atoms with E-state index in [1.807, 2.05) is 24.4 Å². The molecule has 1 spiro atoms. The van der Waals surface area contributed by atoms with Crippen molar-refractivity contribution in [1.82, 2.24) is 9.97 Å². The average Bonchev–Trinajstić information content (AvgIpc) is 2.56. The average molecular weight is 366 g/mol. The van der Waals surface area contributed by atoms with E-state index in [1.54, 1.807) is 6.20 Å². The molecule has 7 heteroatoms. The quantitative estimate of drug-likeness (QED) is 0.697. The number of allylic oxidation sites excluding steroid dienone is 2. The standard InChI is InChI=1S/C20H26N6O/c1-13(2)14(7-21)5-18(22)25-19-4-3-16-17(24-19)6-15(8-23-16)26-9-20(10-26)11-27-12-20/h3-8,13H,9-12,21-22H2,1-2H3,(H,24,25)/b14-7+,18-5+. The molecule has 2 fully saturated rings. The van der Waals surface area contributed by atoms with Crippen molar-refractivity contribution in [2.45, 2.75) is 13.8 Å². The molecule has 0 bridgehead atoms. The molecule has 0 aliphatic carbocycles. The summed E-state index contributed by atoms with van der Waals surface area (Å²) >= 11 is 0. The van der Waals surface area contributed by atoms with Gasteiger partial charge in [0.15, 0.2) is 0 Å². The van der Waals surface area contributed by atoms with Crippen molar-refractivity contribution in [3.8, 4) is 0 Å². The fourth-order valence-corrected chi connectivity index (χ4v) is 3.53. The van der Waals surface area contributed by atoms with Gasteiger partial charge < -0.3 is 26.4 Å². The van der Waals surface area contributed by atoms with Gasteiger partial charge in [0.1, 0.15) is 11.6 Å². The van der Waals surface area contributed by atoms with Gasteiger partial charge in [-0.05, 0) is 42.0 Å². The van der Waals surface area contributed by atoms with Crippen LogP contribution in [0.4, 0.5) is 11.5 Å². The Hall–Kier alpha value is -2.80. The summed E-state index contributed by atoms with van der Waals surface area (Å²) in [6.07, 6.45) is 5.33. The Morgan fingerprint density at radius 1 is 1.30 bits per heavy atom. The maximum Gasteiger partial charge on any atom is 0.132 e. The van der Waals surface area contributed by atoms with Crippen LogP contribution in [-0.2, 0) is 4.74 Å². The molecule has 142 valence electrons. The number of anilines is 2. The summed E-state index contributed by atoms with van der Waals surface area (Å²) in [5, 5.41) is 3.14. The Morgan fingerprint density at radius 2 is 2.07 bits per heavy atom. The van der Waals surface area contributed by atoms with Crippen molar-refractivity contribution in [2.24, 2.45) is 22.8 Å². The molecular weight excluding hydrogens is 340 g/mol. The van der Waals surface area contributed by atoms with Crippen molar-refractivity contribution in [2.75, 3.05) is 36.5 Å². The molecule has 27 heavy (non-hydrogen) atoms. The maximum absolute atomic E-state index is 6.10. The summed E-state index contributed by atoms with van der Waals surface area (Å²) in [5.74, 6) is 1.49. The van der Waals surface area contributed by atoms with Crippen LogP contribution in [0.3, 0.4) is 0 Å². The predicted molar refractivity (Wildman–Crippen MR) is 108 cm³/mol. The minimum absolute atomic E-state index is 0.299. The van der Waals surface area contributed by atoms with Crippen LogP contribution >= 0.6 is 0 Å². The van der Waals surface area contributed by atoms with Crippen molar-refractivity contribution in [3.63, 3.8) is 0 Å². The molecule has 2 saturated heterocycles. The zero-order chi connectivity index (χ0) is 19.0. The summed E-state index contributed by atoms with van der Waals surface area (Å²) in [5.41, 5.74) is 15.9. The summed E-state index contributed by atoms with van der Waals surface area (Å²) in [6.45, 7) is 7.93. The van der Waals surface area contributed by atoms with E-state index in [1.165, 1.54) is 0 Å². The topological polar surface area (TPSA) is 102 Å². The normalized spacial score (nSPS) is 19.3. The molecule has 0 amide bonds. The molecule has 2 aromatic rings. The van der Waals surface area contributed by atoms with Gasteiger partial charge in [-0.1, -0.05) is 13.8 Å². The highest BCUT2D eigenvalue weighted by Crippen LogP contribution is 2.40. The number of nitrogens with one attached hydrogen (secondary N) is 1. The van der Waals surface area contributed by atoms with Gasteiger partial charge in [0.05, 0.1) is 41.5 Å². The molecule has 4 heterocycles. The number of hydrogen-bond donors (Lipinski definition) is 3. The molecule has 0 atom stereocenters. The van der Waals surface area contributed by atoms with Gasteiger partial charge in [-0.2, -0.15) is 0 Å². The highest BCUT2D eigenvalue weighted by molar-refractivity contribution is 5.80. The zero-order valence-corrected chi connectivity index (χ0v) is 15.8. The Balaban J connectivity index is 1.52. The minimum Gasteiger partial charge on any atom is -0.404 e. The molecule has 0 unspecified atom stereocenters. The van der Waals surface area contributed by atoms with Gasteiger partial charge in [-0.25, -0.2) is 4.98 Å². The molecule has 4 rings (SSSR count). The minimum atomic E-state index is 0.299. The summed E-state index contributed by atoms with van der Waals surface area (Å²) in [6, 6.07) is 5.90. The summed E-state index contributed by atoms with van der Waals surface area (Å²) in [7, 11) is 0. The zero-order valence-electron chi connectivity index (χ0n) is 15.8. The second-order valence-electron chi connectivity index (χ2n) is 7.82. The predicted octanol–water partition coefficient (Wildman–Crippen LogP) is 2.18. The van der Waals surface area contributed by atoms with Gasteiger partial charge in [-0.3, -0.25) is 4.98 Å². The first-order valence-electron chi connectivity index (χ1n) is 9.23. The lowest BCUT2D eigenvalue weighted by Crippen LogP contribution is -2.66. The summed E-state index contributed by atoms with van der Waals surface area (Å²) in [4.78, 5) is 11.5. The van der Waals surface area contributed by atoms with E-state index in [0.717, 1.165) is 48.6 Å². The molecule has 2 aromatic heterocycles. The smallest absolute Gasteiger partial charge is 0.132 e. The third-order valence-electron chi connectivity index (χ3n) is 5.21. The SMILES string of the molecule is CC(C)C(=C/N)/C=C(\N)Nc1ccc2ncc(N3CC4(COC4)C3)cc2n1. The van der Waals surface area contributed by atoms with Crippen LogP contribution in [0.2, 0.25) is 0 Å². The van der Waals surface area contributed by atoms with Crippen LogP contribution in [0, 0.1) is 11.3 Å². The second-order valence-corrected chi connectivity index (χ2v) is 7.82. The molecule has 0 saturated carbocycles. The van der Waals surface area contributed by atoms with Gasteiger partial charge >= 0.3 is 0 Å². The summed E-state index contributed by atoms with van der Waals surface area (Å²) < 4.78 is 5.35. The molecule has 2 aliphatic heterocycles. The first-order chi connectivity index (χ1) is 13.0. The largest absolute Gasteiger partial charge is 0.404 e. The van der Waals surface area contributed by atoms with E-state index in [-0.39, 0.29) is 0 Å². The second kappa shape index (κ2) is 6.74. The molecule has 5 N–H and O–H groups in total. The van der Waals surface area contributed by atoms with Crippen LogP contribution in [-0.4, -0.2) is 36.3 Å². The molecular formula is C20H26N6O. The van der Waals surface area contributed by atoms with Crippen LogP contribution in [0.1, 0.15) is 13.8 Å². The number of hydrogen-bond acceptors (Lipinski definition) is 7. The Bertz CT molecular complexity index is 908. The number of nitrogens with zero attached hydrogens (tertiary/aromatic N) is 3. The van der Waals surface area contributed by atoms with Crippen molar-refractivity contribution in [3.05, 3.63) is 48.1 Å². The Kier molecular flexibility index (Phi) is 4.39. The van der Waals surface area contributed by atoms with Crippen molar-refractivity contribution >= 4 is 22.5 Å². The fourth-order valence-electron chi connectivity index (χ4n) is 3.53. The Labute approximate surface area is 159 Å². The van der Waals surface area contributed by atoms with Crippen LogP contribution in [0.5, 0.6) is 0 Å². The monoisotopic (exact) mass is 366 g/mol. The highest BCUT2D eigenvalue weighted by Gasteiger charge is 2.49. The van der Waals surface area contributed by atoms with Crippen molar-refractivity contribution in [1.29, 1.82) is 0 Å². The van der Waals surface area contributed by atoms with Crippen LogP contribution in [0.15, 0.2) is 48.1 Å². The van der Waals surface area contributed by atoms with Gasteiger partial charge in [0.25, 0.3) is 0 Å². The third kappa shape index (κ3) is 3.42. The molecule has 0 radical (unpaired) electrons. The van der Waals surface area contributed by atoms with E-state index in [9.17, 15) is 0 Å². The van der Waals surface area contributed by atoms with Gasteiger partial charge in [-0.15, -0.1) is 0 Å². The van der Waals surface area contributed by atoms with Gasteiger partial charge in [0.2, 0.25) is 0 Å². The number of rotatable bonds is 5. The van der Waals surface area contributed by atoms with Crippen LogP contribution in [0.25, 0.3) is 11.0 Å².